The first-order chi connectivity index (χ1) is 8.65. The van der Waals surface area contributed by atoms with Crippen molar-refractivity contribution in [3.05, 3.63) is 53.8 Å². The van der Waals surface area contributed by atoms with E-state index in [4.69, 9.17) is 10.5 Å². The predicted molar refractivity (Wildman–Crippen MR) is 65.7 cm³/mol. The maximum atomic E-state index is 14.1. The predicted octanol–water partition coefficient (Wildman–Crippen LogP) is 2.40. The molecule has 0 heterocycles. The lowest BCUT2D eigenvalue weighted by molar-refractivity contribution is 0.0996. The number of carbonyl (C=O) groups excluding carboxylic acids is 1. The Morgan fingerprint density at radius 1 is 1.28 bits per heavy atom. The largest absolute Gasteiger partial charge is 0.496 e. The highest BCUT2D eigenvalue weighted by molar-refractivity contribution is 5.94. The Hall–Kier alpha value is -2.36. The van der Waals surface area contributed by atoms with Gasteiger partial charge in [-0.15, -0.1) is 0 Å². The van der Waals surface area contributed by atoms with E-state index in [0.717, 1.165) is 0 Å². The van der Waals surface area contributed by atoms with Crippen molar-refractivity contribution in [3.63, 3.8) is 0 Å². The molecule has 0 aliphatic heterocycles. The number of halogens is 1. The Kier molecular flexibility index (Phi) is 3.28. The van der Waals surface area contributed by atoms with E-state index in [1.807, 2.05) is 0 Å². The zero-order valence-electron chi connectivity index (χ0n) is 9.74. The van der Waals surface area contributed by atoms with Crippen molar-refractivity contribution in [2.75, 3.05) is 7.11 Å². The maximum absolute atomic E-state index is 14.1. The Morgan fingerprint density at radius 2 is 2.00 bits per heavy atom. The van der Waals surface area contributed by atoms with Gasteiger partial charge in [-0.1, -0.05) is 30.3 Å². The Balaban J connectivity index is 2.64. The fraction of sp³-hybridized carbons (Fsp3) is 0.0714. The van der Waals surface area contributed by atoms with Crippen LogP contribution in [0.2, 0.25) is 0 Å². The van der Waals surface area contributed by atoms with Gasteiger partial charge < -0.3 is 10.5 Å². The molecule has 0 spiro atoms. The summed E-state index contributed by atoms with van der Waals surface area (Å²) >= 11 is 0. The fourth-order valence-corrected chi connectivity index (χ4v) is 1.73. The zero-order chi connectivity index (χ0) is 13.1. The summed E-state index contributed by atoms with van der Waals surface area (Å²) in [5.74, 6) is -1.00. The number of hydrogen-bond acceptors (Lipinski definition) is 2. The molecule has 0 aliphatic rings. The molecule has 2 rings (SSSR count). The standard InChI is InChI=1S/C14H11FNO2/c1-18-12-8-3-2-5-9(12)10-6-4-7-11(13(10)15)14(16)17/h2-6,8H,1H3,(H2,16,17). The first-order valence-electron chi connectivity index (χ1n) is 5.28. The average Bonchev–Trinajstić information content (AvgIpc) is 2.38. The van der Waals surface area contributed by atoms with Crippen LogP contribution in [0.15, 0.2) is 36.4 Å². The van der Waals surface area contributed by atoms with E-state index in [1.54, 1.807) is 24.3 Å². The second-order valence-electron chi connectivity index (χ2n) is 3.64. The number of methoxy groups -OCH3 is 1. The van der Waals surface area contributed by atoms with Crippen LogP contribution in [0.1, 0.15) is 10.4 Å². The quantitative estimate of drug-likeness (QED) is 0.901. The third-order valence-corrected chi connectivity index (χ3v) is 2.58. The molecule has 0 bridgehead atoms. The van der Waals surface area contributed by atoms with Crippen molar-refractivity contribution in [1.29, 1.82) is 0 Å². The van der Waals surface area contributed by atoms with Gasteiger partial charge in [0, 0.05) is 11.1 Å². The fourth-order valence-electron chi connectivity index (χ4n) is 1.73. The van der Waals surface area contributed by atoms with E-state index in [-0.39, 0.29) is 11.1 Å². The molecule has 0 unspecified atom stereocenters. The summed E-state index contributed by atoms with van der Waals surface area (Å²) in [6.07, 6.45) is 0. The number of benzene rings is 2. The summed E-state index contributed by atoms with van der Waals surface area (Å²) in [5.41, 5.74) is 5.67. The van der Waals surface area contributed by atoms with Gasteiger partial charge in [0.05, 0.1) is 12.7 Å². The average molecular weight is 244 g/mol. The minimum atomic E-state index is -0.843. The number of nitrogens with two attached hydrogens (primary N) is 1. The zero-order valence-corrected chi connectivity index (χ0v) is 9.74. The summed E-state index contributed by atoms with van der Waals surface area (Å²) in [4.78, 5) is 11.1. The molecule has 0 fully saturated rings. The van der Waals surface area contributed by atoms with E-state index in [9.17, 15) is 9.18 Å². The second kappa shape index (κ2) is 4.87. The van der Waals surface area contributed by atoms with Gasteiger partial charge >= 0.3 is 0 Å². The van der Waals surface area contributed by atoms with E-state index >= 15 is 0 Å². The number of para-hydroxylation sites is 1. The third-order valence-electron chi connectivity index (χ3n) is 2.58. The number of carbonyl (C=O) groups is 1. The molecule has 0 aliphatic carbocycles. The van der Waals surface area contributed by atoms with Crippen LogP contribution in [0.25, 0.3) is 11.1 Å². The highest BCUT2D eigenvalue weighted by Crippen LogP contribution is 2.32. The van der Waals surface area contributed by atoms with Crippen molar-refractivity contribution in [3.8, 4) is 16.9 Å². The van der Waals surface area contributed by atoms with Gasteiger partial charge in [0.2, 0.25) is 0 Å². The molecule has 4 heteroatoms. The van der Waals surface area contributed by atoms with Gasteiger partial charge in [-0.3, -0.25) is 4.79 Å². The minimum absolute atomic E-state index is 0.251. The summed E-state index contributed by atoms with van der Waals surface area (Å²) in [6, 6.07) is 12.5. The van der Waals surface area contributed by atoms with E-state index in [1.165, 1.54) is 19.2 Å². The normalized spacial score (nSPS) is 10.1. The molecule has 2 aromatic carbocycles. The molecule has 0 aromatic heterocycles. The highest BCUT2D eigenvalue weighted by Gasteiger charge is 2.16. The maximum Gasteiger partial charge on any atom is 0.252 e. The molecule has 18 heavy (non-hydrogen) atoms. The lowest BCUT2D eigenvalue weighted by Crippen LogP contribution is -2.13. The molecule has 0 saturated heterocycles. The number of hydrogen-bond donors (Lipinski definition) is 1. The van der Waals surface area contributed by atoms with Crippen molar-refractivity contribution in [2.45, 2.75) is 0 Å². The molecule has 0 saturated carbocycles. The van der Waals surface area contributed by atoms with Crippen molar-refractivity contribution in [2.24, 2.45) is 5.73 Å². The summed E-state index contributed by atoms with van der Waals surface area (Å²) in [7, 11) is 1.50. The molecule has 2 N–H and O–H groups in total. The number of rotatable bonds is 3. The van der Waals surface area contributed by atoms with Crippen LogP contribution in [0.3, 0.4) is 0 Å². The molecule has 1 radical (unpaired) electrons. The Labute approximate surface area is 104 Å². The summed E-state index contributed by atoms with van der Waals surface area (Å²) in [6.45, 7) is 0. The van der Waals surface area contributed by atoms with Crippen LogP contribution in [-0.4, -0.2) is 13.0 Å². The van der Waals surface area contributed by atoms with Gasteiger partial charge in [-0.05, 0) is 12.1 Å². The van der Waals surface area contributed by atoms with E-state index < -0.39 is 11.7 Å². The smallest absolute Gasteiger partial charge is 0.252 e. The van der Waals surface area contributed by atoms with Crippen molar-refractivity contribution in [1.82, 2.24) is 0 Å². The monoisotopic (exact) mass is 244 g/mol. The second-order valence-corrected chi connectivity index (χ2v) is 3.64. The lowest BCUT2D eigenvalue weighted by Gasteiger charge is -2.10. The molecular formula is C14H11FNO2. The van der Waals surface area contributed by atoms with Crippen LogP contribution in [-0.2, 0) is 0 Å². The van der Waals surface area contributed by atoms with Gasteiger partial charge in [0.15, 0.2) is 0 Å². The summed E-state index contributed by atoms with van der Waals surface area (Å²) < 4.78 is 19.3. The number of amides is 1. The lowest BCUT2D eigenvalue weighted by atomic mass is 10.0. The van der Waals surface area contributed by atoms with Crippen molar-refractivity contribution >= 4 is 5.91 Å². The van der Waals surface area contributed by atoms with E-state index in [2.05, 4.69) is 6.07 Å². The SMILES string of the molecule is COc1ccccc1-c1cc[c]c(C(N)=O)c1F. The van der Waals surface area contributed by atoms with Gasteiger partial charge in [0.1, 0.15) is 11.6 Å². The van der Waals surface area contributed by atoms with Crippen LogP contribution in [0.4, 0.5) is 4.39 Å². The van der Waals surface area contributed by atoms with Gasteiger partial charge in [-0.25, -0.2) is 4.39 Å². The first-order valence-corrected chi connectivity index (χ1v) is 5.28. The van der Waals surface area contributed by atoms with Gasteiger partial charge in [-0.2, -0.15) is 0 Å². The molecule has 91 valence electrons. The Morgan fingerprint density at radius 3 is 2.67 bits per heavy atom. The molecular weight excluding hydrogens is 233 g/mol. The summed E-state index contributed by atoms with van der Waals surface area (Å²) in [5, 5.41) is 0. The van der Waals surface area contributed by atoms with Crippen LogP contribution in [0, 0.1) is 11.9 Å². The topological polar surface area (TPSA) is 52.3 Å². The first kappa shape index (κ1) is 12.1. The van der Waals surface area contributed by atoms with Crippen LogP contribution >= 0.6 is 0 Å². The van der Waals surface area contributed by atoms with Crippen LogP contribution in [0.5, 0.6) is 5.75 Å². The van der Waals surface area contributed by atoms with Crippen molar-refractivity contribution < 1.29 is 13.9 Å². The number of primary amides is 1. The molecule has 0 atom stereocenters. The van der Waals surface area contributed by atoms with Crippen LogP contribution < -0.4 is 10.5 Å². The molecule has 3 nitrogen and oxygen atoms in total. The van der Waals surface area contributed by atoms with E-state index in [0.29, 0.717) is 11.3 Å². The third kappa shape index (κ3) is 2.05. The highest BCUT2D eigenvalue weighted by atomic mass is 19.1. The minimum Gasteiger partial charge on any atom is -0.496 e. The molecule has 2 aromatic rings. The number of ether oxygens (including phenoxy) is 1. The Bertz CT molecular complexity index is 596. The molecule has 1 amide bonds. The van der Waals surface area contributed by atoms with Gasteiger partial charge in [0.25, 0.3) is 5.91 Å².